The van der Waals surface area contributed by atoms with Crippen LogP contribution in [0.3, 0.4) is 0 Å². The summed E-state index contributed by atoms with van der Waals surface area (Å²) in [6, 6.07) is 14.4. The van der Waals surface area contributed by atoms with Crippen molar-refractivity contribution < 1.29 is 22.8 Å². The first kappa shape index (κ1) is 29.5. The number of hydrogen-bond donors (Lipinski definition) is 3. The van der Waals surface area contributed by atoms with Crippen LogP contribution in [0.25, 0.3) is 11.3 Å². The average molecular weight is 590 g/mol. The van der Waals surface area contributed by atoms with E-state index >= 15 is 4.39 Å². The Morgan fingerprint density at radius 1 is 1.00 bits per heavy atom. The fourth-order valence-electron chi connectivity index (χ4n) is 4.70. The summed E-state index contributed by atoms with van der Waals surface area (Å²) < 4.78 is 45.3. The van der Waals surface area contributed by atoms with Crippen LogP contribution in [-0.4, -0.2) is 54.0 Å². The quantitative estimate of drug-likeness (QED) is 0.250. The van der Waals surface area contributed by atoms with Crippen molar-refractivity contribution in [2.24, 2.45) is 0 Å². The van der Waals surface area contributed by atoms with Gasteiger partial charge in [0.2, 0.25) is 5.95 Å². The standard InChI is InChI=1S/C31H30F3N7O2/c1-18-21(14-20(15-25(18)34)29(42)36-16-19-8-5-4-6-9-19)26-22-17-37-31(43)41(27-23(32)10-7-11-24(27)33)28(22)39-30(38-26)35-12-13-40(2)3/h4-11,14-15H,12-13,16-17H2,1-3H3,(H,36,42)(H,37,43)(H,35,38,39). The summed E-state index contributed by atoms with van der Waals surface area (Å²) in [7, 11) is 3.77. The lowest BCUT2D eigenvalue weighted by Gasteiger charge is -2.31. The molecular formula is C31H30F3N7O2. The third-order valence-corrected chi connectivity index (χ3v) is 6.98. The summed E-state index contributed by atoms with van der Waals surface area (Å²) in [5.74, 6) is -3.09. The molecule has 3 amide bonds. The lowest BCUT2D eigenvalue weighted by molar-refractivity contribution is 0.0950. The van der Waals surface area contributed by atoms with Crippen molar-refractivity contribution in [2.75, 3.05) is 37.4 Å². The van der Waals surface area contributed by atoms with E-state index in [9.17, 15) is 18.4 Å². The molecule has 43 heavy (non-hydrogen) atoms. The molecule has 0 saturated carbocycles. The van der Waals surface area contributed by atoms with E-state index in [2.05, 4.69) is 25.9 Å². The first-order chi connectivity index (χ1) is 20.6. The number of rotatable bonds is 9. The highest BCUT2D eigenvalue weighted by Crippen LogP contribution is 2.39. The van der Waals surface area contributed by atoms with Crippen LogP contribution in [0.15, 0.2) is 60.7 Å². The molecule has 2 heterocycles. The van der Waals surface area contributed by atoms with Gasteiger partial charge in [-0.1, -0.05) is 36.4 Å². The Morgan fingerprint density at radius 2 is 1.72 bits per heavy atom. The summed E-state index contributed by atoms with van der Waals surface area (Å²) in [6.07, 6.45) is 0. The molecular weight excluding hydrogens is 559 g/mol. The molecule has 4 aromatic rings. The van der Waals surface area contributed by atoms with Gasteiger partial charge in [-0.2, -0.15) is 4.98 Å². The number of carbonyl (C=O) groups excluding carboxylic acids is 2. The number of nitrogens with zero attached hydrogens (tertiary/aromatic N) is 4. The number of urea groups is 1. The van der Waals surface area contributed by atoms with Crippen molar-refractivity contribution in [3.05, 3.63) is 100 Å². The van der Waals surface area contributed by atoms with Gasteiger partial charge in [-0.3, -0.25) is 4.79 Å². The Morgan fingerprint density at radius 3 is 2.42 bits per heavy atom. The molecule has 0 radical (unpaired) electrons. The van der Waals surface area contributed by atoms with E-state index in [0.29, 0.717) is 18.7 Å². The van der Waals surface area contributed by atoms with Gasteiger partial charge in [-0.05, 0) is 56.4 Å². The molecule has 0 bridgehead atoms. The minimum atomic E-state index is -0.968. The number of likely N-dealkylation sites (N-methyl/N-ethyl adjacent to an activating group) is 1. The van der Waals surface area contributed by atoms with E-state index < -0.39 is 35.1 Å². The van der Waals surface area contributed by atoms with Crippen molar-refractivity contribution in [3.8, 4) is 11.3 Å². The largest absolute Gasteiger partial charge is 0.353 e. The SMILES string of the molecule is Cc1c(F)cc(C(=O)NCc2ccccc2)cc1-c1nc(NCCN(C)C)nc2c1CNC(=O)N2c1c(F)cccc1F. The van der Waals surface area contributed by atoms with E-state index in [1.807, 2.05) is 49.3 Å². The fourth-order valence-corrected chi connectivity index (χ4v) is 4.70. The average Bonchev–Trinajstić information content (AvgIpc) is 2.98. The molecule has 222 valence electrons. The number of fused-ring (bicyclic) bond motifs is 1. The van der Waals surface area contributed by atoms with E-state index in [-0.39, 0.29) is 47.2 Å². The highest BCUT2D eigenvalue weighted by atomic mass is 19.1. The molecule has 0 fully saturated rings. The zero-order valence-corrected chi connectivity index (χ0v) is 23.8. The van der Waals surface area contributed by atoms with Gasteiger partial charge in [0.05, 0.1) is 12.2 Å². The maximum atomic E-state index is 15.4. The van der Waals surface area contributed by atoms with Crippen LogP contribution in [-0.2, 0) is 13.1 Å². The van der Waals surface area contributed by atoms with Crippen LogP contribution < -0.4 is 20.9 Å². The molecule has 3 N–H and O–H groups in total. The molecule has 5 rings (SSSR count). The van der Waals surface area contributed by atoms with Crippen LogP contribution in [0.5, 0.6) is 0 Å². The Labute approximate surface area is 246 Å². The van der Waals surface area contributed by atoms with E-state index in [0.717, 1.165) is 28.7 Å². The predicted octanol–water partition coefficient (Wildman–Crippen LogP) is 5.13. The first-order valence-corrected chi connectivity index (χ1v) is 13.6. The number of carbonyl (C=O) groups is 2. The Kier molecular flexibility index (Phi) is 8.58. The number of nitrogens with one attached hydrogen (secondary N) is 3. The Bertz CT molecular complexity index is 1660. The molecule has 0 unspecified atom stereocenters. The minimum Gasteiger partial charge on any atom is -0.353 e. The second-order valence-corrected chi connectivity index (χ2v) is 10.3. The molecule has 1 aliphatic heterocycles. The van der Waals surface area contributed by atoms with Gasteiger partial charge in [0.25, 0.3) is 5.91 Å². The van der Waals surface area contributed by atoms with Crippen molar-refractivity contribution in [1.82, 2.24) is 25.5 Å². The zero-order valence-electron chi connectivity index (χ0n) is 23.8. The van der Waals surface area contributed by atoms with Crippen LogP contribution in [0.4, 0.5) is 35.4 Å². The normalized spacial score (nSPS) is 12.6. The van der Waals surface area contributed by atoms with E-state index in [1.54, 1.807) is 6.92 Å². The molecule has 1 aromatic heterocycles. The van der Waals surface area contributed by atoms with Gasteiger partial charge < -0.3 is 20.9 Å². The highest BCUT2D eigenvalue weighted by molar-refractivity contribution is 6.02. The number of aromatic nitrogens is 2. The number of hydrogen-bond acceptors (Lipinski definition) is 6. The van der Waals surface area contributed by atoms with Gasteiger partial charge in [0.15, 0.2) is 5.82 Å². The lowest BCUT2D eigenvalue weighted by Crippen LogP contribution is -2.43. The smallest absolute Gasteiger partial charge is 0.328 e. The lowest BCUT2D eigenvalue weighted by atomic mass is 9.97. The molecule has 0 spiro atoms. The predicted molar refractivity (Wildman–Crippen MR) is 158 cm³/mol. The van der Waals surface area contributed by atoms with Gasteiger partial charge in [-0.15, -0.1) is 0 Å². The third kappa shape index (κ3) is 6.28. The summed E-state index contributed by atoms with van der Waals surface area (Å²) in [6.45, 7) is 2.69. The second kappa shape index (κ2) is 12.5. The van der Waals surface area contributed by atoms with Gasteiger partial charge >= 0.3 is 6.03 Å². The maximum absolute atomic E-state index is 15.4. The Balaban J connectivity index is 1.63. The first-order valence-electron chi connectivity index (χ1n) is 13.6. The monoisotopic (exact) mass is 589 g/mol. The fraction of sp³-hybridized carbons (Fsp3) is 0.226. The van der Waals surface area contributed by atoms with Crippen molar-refractivity contribution >= 4 is 29.4 Å². The van der Waals surface area contributed by atoms with Crippen LogP contribution in [0.2, 0.25) is 0 Å². The number of para-hydroxylation sites is 1. The summed E-state index contributed by atoms with van der Waals surface area (Å²) in [4.78, 5) is 38.0. The topological polar surface area (TPSA) is 102 Å². The summed E-state index contributed by atoms with van der Waals surface area (Å²) >= 11 is 0. The zero-order chi connectivity index (χ0) is 30.7. The second-order valence-electron chi connectivity index (χ2n) is 10.3. The number of halogens is 3. The molecule has 0 saturated heterocycles. The number of benzene rings is 3. The number of anilines is 3. The minimum absolute atomic E-state index is 0.0559. The van der Waals surface area contributed by atoms with Gasteiger partial charge in [-0.25, -0.2) is 27.8 Å². The molecule has 3 aromatic carbocycles. The van der Waals surface area contributed by atoms with Crippen molar-refractivity contribution in [2.45, 2.75) is 20.0 Å². The van der Waals surface area contributed by atoms with E-state index in [4.69, 9.17) is 0 Å². The Hall–Kier alpha value is -4.97. The summed E-state index contributed by atoms with van der Waals surface area (Å²) in [5.41, 5.74) is 1.28. The van der Waals surface area contributed by atoms with Crippen LogP contribution >= 0.6 is 0 Å². The van der Waals surface area contributed by atoms with Crippen LogP contribution in [0.1, 0.15) is 27.0 Å². The van der Waals surface area contributed by atoms with Gasteiger partial charge in [0, 0.05) is 36.3 Å². The third-order valence-electron chi connectivity index (χ3n) is 6.98. The van der Waals surface area contributed by atoms with Crippen molar-refractivity contribution in [1.29, 1.82) is 0 Å². The van der Waals surface area contributed by atoms with Crippen LogP contribution in [0, 0.1) is 24.4 Å². The molecule has 0 atom stereocenters. The molecule has 1 aliphatic rings. The van der Waals surface area contributed by atoms with Gasteiger partial charge in [0.1, 0.15) is 23.1 Å². The molecule has 9 nitrogen and oxygen atoms in total. The van der Waals surface area contributed by atoms with Crippen molar-refractivity contribution in [3.63, 3.8) is 0 Å². The maximum Gasteiger partial charge on any atom is 0.328 e. The highest BCUT2D eigenvalue weighted by Gasteiger charge is 2.34. The molecule has 0 aliphatic carbocycles. The number of amides is 3. The molecule has 12 heteroatoms. The summed E-state index contributed by atoms with van der Waals surface area (Å²) in [5, 5.41) is 8.49. The van der Waals surface area contributed by atoms with E-state index in [1.165, 1.54) is 12.1 Å².